The fourth-order valence-electron chi connectivity index (χ4n) is 2.21. The first-order valence-electron chi connectivity index (χ1n) is 7.50. The Morgan fingerprint density at radius 2 is 1.96 bits per heavy atom. The van der Waals surface area contributed by atoms with Gasteiger partial charge in [0.05, 0.1) is 5.56 Å². The highest BCUT2D eigenvalue weighted by Gasteiger charge is 2.13. The number of aryl methyl sites for hydroxylation is 1. The standard InChI is InChI=1S/C18H19ClN2O3/c1-12-4-2-3-5-13(12)8-9-21-17(22)11-24-18(23)15-7-6-14(19)10-16(15)20/h2-7,10H,8-9,11,20H2,1H3,(H,21,22). The van der Waals surface area contributed by atoms with Crippen LogP contribution in [0.15, 0.2) is 42.5 Å². The van der Waals surface area contributed by atoms with Crippen molar-refractivity contribution in [3.63, 3.8) is 0 Å². The third kappa shape index (κ3) is 4.99. The predicted octanol–water partition coefficient (Wildman–Crippen LogP) is 2.75. The molecule has 0 aliphatic rings. The molecule has 5 nitrogen and oxygen atoms in total. The van der Waals surface area contributed by atoms with Crippen molar-refractivity contribution < 1.29 is 14.3 Å². The number of anilines is 1. The van der Waals surface area contributed by atoms with Crippen LogP contribution in [-0.4, -0.2) is 25.0 Å². The zero-order valence-corrected chi connectivity index (χ0v) is 14.1. The van der Waals surface area contributed by atoms with E-state index in [1.54, 1.807) is 0 Å². The third-order valence-electron chi connectivity index (χ3n) is 3.55. The van der Waals surface area contributed by atoms with Crippen molar-refractivity contribution in [2.24, 2.45) is 0 Å². The van der Waals surface area contributed by atoms with E-state index in [1.807, 2.05) is 31.2 Å². The number of nitrogens with one attached hydrogen (secondary N) is 1. The third-order valence-corrected chi connectivity index (χ3v) is 3.78. The lowest BCUT2D eigenvalue weighted by atomic mass is 10.1. The molecular formula is C18H19ClN2O3. The number of hydrogen-bond donors (Lipinski definition) is 2. The first kappa shape index (κ1) is 17.8. The molecule has 0 saturated heterocycles. The molecule has 0 unspecified atom stereocenters. The van der Waals surface area contributed by atoms with Gasteiger partial charge in [-0.1, -0.05) is 35.9 Å². The summed E-state index contributed by atoms with van der Waals surface area (Å²) in [5, 5.41) is 3.15. The SMILES string of the molecule is Cc1ccccc1CCNC(=O)COC(=O)c1ccc(Cl)cc1N. The molecule has 0 aliphatic heterocycles. The number of nitrogen functional groups attached to an aromatic ring is 1. The van der Waals surface area contributed by atoms with Crippen LogP contribution in [-0.2, 0) is 16.0 Å². The first-order chi connectivity index (χ1) is 11.5. The number of esters is 1. The lowest BCUT2D eigenvalue weighted by Gasteiger charge is -2.09. The first-order valence-corrected chi connectivity index (χ1v) is 7.88. The smallest absolute Gasteiger partial charge is 0.340 e. The fourth-order valence-corrected chi connectivity index (χ4v) is 2.39. The second-order valence-corrected chi connectivity index (χ2v) is 5.77. The molecule has 6 heteroatoms. The number of hydrogen-bond acceptors (Lipinski definition) is 4. The van der Waals surface area contributed by atoms with E-state index in [4.69, 9.17) is 22.1 Å². The van der Waals surface area contributed by atoms with Crippen molar-refractivity contribution in [3.8, 4) is 0 Å². The van der Waals surface area contributed by atoms with Gasteiger partial charge in [-0.15, -0.1) is 0 Å². The monoisotopic (exact) mass is 346 g/mol. The highest BCUT2D eigenvalue weighted by molar-refractivity contribution is 6.31. The van der Waals surface area contributed by atoms with Gasteiger partial charge in [0.15, 0.2) is 6.61 Å². The summed E-state index contributed by atoms with van der Waals surface area (Å²) < 4.78 is 4.96. The van der Waals surface area contributed by atoms with Crippen molar-refractivity contribution in [1.29, 1.82) is 0 Å². The van der Waals surface area contributed by atoms with Crippen LogP contribution in [0.2, 0.25) is 5.02 Å². The summed E-state index contributed by atoms with van der Waals surface area (Å²) in [6.45, 7) is 2.15. The van der Waals surface area contributed by atoms with Crippen LogP contribution in [0.3, 0.4) is 0 Å². The average Bonchev–Trinajstić information content (AvgIpc) is 2.54. The topological polar surface area (TPSA) is 81.4 Å². The molecule has 0 spiro atoms. The minimum atomic E-state index is -0.654. The number of ether oxygens (including phenoxy) is 1. The Bertz CT molecular complexity index is 747. The summed E-state index contributed by atoms with van der Waals surface area (Å²) in [7, 11) is 0. The maximum absolute atomic E-state index is 11.9. The molecule has 2 aromatic rings. The van der Waals surface area contributed by atoms with Crippen LogP contribution < -0.4 is 11.1 Å². The average molecular weight is 347 g/mol. The van der Waals surface area contributed by atoms with Gasteiger partial charge in [-0.3, -0.25) is 4.79 Å². The molecule has 3 N–H and O–H groups in total. The van der Waals surface area contributed by atoms with Crippen molar-refractivity contribution >= 4 is 29.2 Å². The van der Waals surface area contributed by atoms with Crippen LogP contribution in [0.1, 0.15) is 21.5 Å². The predicted molar refractivity (Wildman–Crippen MR) is 94.0 cm³/mol. The minimum absolute atomic E-state index is 0.187. The molecule has 0 saturated carbocycles. The van der Waals surface area contributed by atoms with Crippen LogP contribution >= 0.6 is 11.6 Å². The van der Waals surface area contributed by atoms with Crippen LogP contribution in [0.4, 0.5) is 5.69 Å². The van der Waals surface area contributed by atoms with Crippen LogP contribution in [0, 0.1) is 6.92 Å². The van der Waals surface area contributed by atoms with Crippen molar-refractivity contribution in [1.82, 2.24) is 5.32 Å². The summed E-state index contributed by atoms with van der Waals surface area (Å²) in [5.74, 6) is -1.01. The summed E-state index contributed by atoms with van der Waals surface area (Å²) in [6, 6.07) is 12.4. The molecule has 0 aromatic heterocycles. The van der Waals surface area contributed by atoms with Gasteiger partial charge in [0.25, 0.3) is 5.91 Å². The Labute approximate surface area is 145 Å². The van der Waals surface area contributed by atoms with Gasteiger partial charge < -0.3 is 15.8 Å². The van der Waals surface area contributed by atoms with Gasteiger partial charge in [0.1, 0.15) is 0 Å². The van der Waals surface area contributed by atoms with Crippen LogP contribution in [0.25, 0.3) is 0 Å². The number of carbonyl (C=O) groups is 2. The van der Waals surface area contributed by atoms with E-state index in [1.165, 1.54) is 29.3 Å². The number of nitrogens with two attached hydrogens (primary N) is 1. The number of benzene rings is 2. The Morgan fingerprint density at radius 3 is 2.67 bits per heavy atom. The van der Waals surface area contributed by atoms with Gasteiger partial charge in [-0.05, 0) is 42.7 Å². The Kier molecular flexibility index (Phi) is 6.21. The zero-order chi connectivity index (χ0) is 17.5. The molecule has 0 bridgehead atoms. The van der Waals surface area contributed by atoms with E-state index in [-0.39, 0.29) is 23.8 Å². The summed E-state index contributed by atoms with van der Waals surface area (Å²) in [4.78, 5) is 23.6. The number of amides is 1. The normalized spacial score (nSPS) is 10.2. The summed E-state index contributed by atoms with van der Waals surface area (Å²) in [6.07, 6.45) is 0.719. The molecule has 0 aliphatic carbocycles. The van der Waals surface area contributed by atoms with Gasteiger partial charge in [0, 0.05) is 17.3 Å². The van der Waals surface area contributed by atoms with E-state index in [9.17, 15) is 9.59 Å². The van der Waals surface area contributed by atoms with Gasteiger partial charge in [0.2, 0.25) is 0 Å². The van der Waals surface area contributed by atoms with E-state index in [2.05, 4.69) is 5.32 Å². The molecule has 0 atom stereocenters. The van der Waals surface area contributed by atoms with E-state index in [0.717, 1.165) is 6.42 Å². The molecule has 24 heavy (non-hydrogen) atoms. The molecule has 1 amide bonds. The largest absolute Gasteiger partial charge is 0.452 e. The van der Waals surface area contributed by atoms with Gasteiger partial charge in [-0.2, -0.15) is 0 Å². The number of carbonyl (C=O) groups excluding carboxylic acids is 2. The lowest BCUT2D eigenvalue weighted by molar-refractivity contribution is -0.124. The molecule has 0 fully saturated rings. The highest BCUT2D eigenvalue weighted by Crippen LogP contribution is 2.18. The highest BCUT2D eigenvalue weighted by atomic mass is 35.5. The Morgan fingerprint density at radius 1 is 1.21 bits per heavy atom. The van der Waals surface area contributed by atoms with Gasteiger partial charge in [-0.25, -0.2) is 4.79 Å². The quantitative estimate of drug-likeness (QED) is 0.622. The summed E-state index contributed by atoms with van der Waals surface area (Å²) in [5.41, 5.74) is 8.45. The van der Waals surface area contributed by atoms with Crippen molar-refractivity contribution in [2.75, 3.05) is 18.9 Å². The van der Waals surface area contributed by atoms with Crippen molar-refractivity contribution in [3.05, 3.63) is 64.2 Å². The molecule has 2 aromatic carbocycles. The van der Waals surface area contributed by atoms with E-state index < -0.39 is 5.97 Å². The lowest BCUT2D eigenvalue weighted by Crippen LogP contribution is -2.30. The molecule has 2 rings (SSSR count). The molecule has 0 heterocycles. The Balaban J connectivity index is 1.77. The maximum atomic E-state index is 11.9. The second kappa shape index (κ2) is 8.36. The molecule has 126 valence electrons. The molecular weight excluding hydrogens is 328 g/mol. The van der Waals surface area contributed by atoms with E-state index in [0.29, 0.717) is 11.6 Å². The second-order valence-electron chi connectivity index (χ2n) is 5.33. The number of rotatable bonds is 6. The van der Waals surface area contributed by atoms with Crippen molar-refractivity contribution in [2.45, 2.75) is 13.3 Å². The minimum Gasteiger partial charge on any atom is -0.452 e. The zero-order valence-electron chi connectivity index (χ0n) is 13.3. The van der Waals surface area contributed by atoms with Crippen LogP contribution in [0.5, 0.6) is 0 Å². The van der Waals surface area contributed by atoms with Gasteiger partial charge >= 0.3 is 5.97 Å². The maximum Gasteiger partial charge on any atom is 0.340 e. The Hall–Kier alpha value is -2.53. The molecule has 0 radical (unpaired) electrons. The summed E-state index contributed by atoms with van der Waals surface area (Å²) >= 11 is 5.77. The fraction of sp³-hybridized carbons (Fsp3) is 0.222. The van der Waals surface area contributed by atoms with E-state index >= 15 is 0 Å². The number of halogens is 1.